The molecule has 3 nitrogen and oxygen atoms in total. The highest BCUT2D eigenvalue weighted by Crippen LogP contribution is 2.22. The van der Waals surface area contributed by atoms with Crippen LogP contribution in [0.5, 0.6) is 0 Å². The SMILES string of the molecule is Cc1cc(C(=O)Nc2cccc(C)c2C)ccc1N(C)C. The highest BCUT2D eigenvalue weighted by molar-refractivity contribution is 6.05. The molecule has 0 aliphatic heterocycles. The molecule has 0 saturated carbocycles. The number of nitrogens with zero attached hydrogens (tertiary/aromatic N) is 1. The van der Waals surface area contributed by atoms with Gasteiger partial charge in [0.05, 0.1) is 0 Å². The normalized spacial score (nSPS) is 10.3. The zero-order valence-electron chi connectivity index (χ0n) is 13.3. The molecule has 2 aromatic carbocycles. The second-order valence-corrected chi connectivity index (χ2v) is 5.60. The fourth-order valence-electron chi connectivity index (χ4n) is 2.38. The van der Waals surface area contributed by atoms with Crippen molar-refractivity contribution in [2.75, 3.05) is 24.3 Å². The van der Waals surface area contributed by atoms with Crippen molar-refractivity contribution in [1.29, 1.82) is 0 Å². The summed E-state index contributed by atoms with van der Waals surface area (Å²) in [5.41, 5.74) is 6.04. The molecule has 0 atom stereocenters. The van der Waals surface area contributed by atoms with Crippen molar-refractivity contribution in [2.45, 2.75) is 20.8 Å². The van der Waals surface area contributed by atoms with Crippen LogP contribution in [-0.4, -0.2) is 20.0 Å². The minimum Gasteiger partial charge on any atom is -0.377 e. The molecule has 1 N–H and O–H groups in total. The molecule has 0 fully saturated rings. The molecule has 2 rings (SSSR count). The molecule has 0 aliphatic carbocycles. The molecule has 0 radical (unpaired) electrons. The number of carbonyl (C=O) groups excluding carboxylic acids is 1. The summed E-state index contributed by atoms with van der Waals surface area (Å²) < 4.78 is 0. The van der Waals surface area contributed by atoms with Gasteiger partial charge in [0.25, 0.3) is 5.91 Å². The van der Waals surface area contributed by atoms with Gasteiger partial charge in [0, 0.05) is 31.0 Å². The Kier molecular flexibility index (Phi) is 4.32. The van der Waals surface area contributed by atoms with Gasteiger partial charge in [-0.2, -0.15) is 0 Å². The van der Waals surface area contributed by atoms with Gasteiger partial charge in [0.2, 0.25) is 0 Å². The van der Waals surface area contributed by atoms with Crippen LogP contribution < -0.4 is 10.2 Å². The maximum Gasteiger partial charge on any atom is 0.255 e. The third-order valence-corrected chi connectivity index (χ3v) is 3.79. The van der Waals surface area contributed by atoms with Crippen LogP contribution >= 0.6 is 0 Å². The van der Waals surface area contributed by atoms with E-state index in [4.69, 9.17) is 0 Å². The third-order valence-electron chi connectivity index (χ3n) is 3.79. The van der Waals surface area contributed by atoms with Crippen LogP contribution in [0.4, 0.5) is 11.4 Å². The summed E-state index contributed by atoms with van der Waals surface area (Å²) in [7, 11) is 4.00. The van der Waals surface area contributed by atoms with Gasteiger partial charge in [-0.3, -0.25) is 4.79 Å². The first-order valence-corrected chi connectivity index (χ1v) is 7.05. The second kappa shape index (κ2) is 6.00. The van der Waals surface area contributed by atoms with E-state index in [1.54, 1.807) is 0 Å². The van der Waals surface area contributed by atoms with Gasteiger partial charge in [-0.15, -0.1) is 0 Å². The molecule has 1 amide bonds. The van der Waals surface area contributed by atoms with Crippen molar-refractivity contribution >= 4 is 17.3 Å². The molecule has 0 bridgehead atoms. The second-order valence-electron chi connectivity index (χ2n) is 5.60. The Morgan fingerprint density at radius 1 is 1.00 bits per heavy atom. The largest absolute Gasteiger partial charge is 0.377 e. The average Bonchev–Trinajstić information content (AvgIpc) is 2.43. The van der Waals surface area contributed by atoms with E-state index in [-0.39, 0.29) is 5.91 Å². The molecule has 0 heterocycles. The van der Waals surface area contributed by atoms with Crippen LogP contribution in [0.3, 0.4) is 0 Å². The Labute approximate surface area is 126 Å². The van der Waals surface area contributed by atoms with Crippen LogP contribution in [0.25, 0.3) is 0 Å². The summed E-state index contributed by atoms with van der Waals surface area (Å²) in [6.45, 7) is 6.08. The molecule has 0 unspecified atom stereocenters. The Hall–Kier alpha value is -2.29. The first-order valence-electron chi connectivity index (χ1n) is 7.05. The molecule has 0 spiro atoms. The van der Waals surface area contributed by atoms with E-state index in [9.17, 15) is 4.79 Å². The number of anilines is 2. The van der Waals surface area contributed by atoms with Crippen LogP contribution in [0.15, 0.2) is 36.4 Å². The molecule has 0 saturated heterocycles. The summed E-state index contributed by atoms with van der Waals surface area (Å²) in [5, 5.41) is 2.99. The Morgan fingerprint density at radius 2 is 1.71 bits per heavy atom. The molecule has 0 aliphatic rings. The lowest BCUT2D eigenvalue weighted by Gasteiger charge is -2.16. The molecule has 21 heavy (non-hydrogen) atoms. The summed E-state index contributed by atoms with van der Waals surface area (Å²) in [5.74, 6) is -0.0721. The van der Waals surface area contributed by atoms with E-state index in [0.717, 1.165) is 22.5 Å². The highest BCUT2D eigenvalue weighted by atomic mass is 16.1. The monoisotopic (exact) mass is 282 g/mol. The molecule has 2 aromatic rings. The van der Waals surface area contributed by atoms with Gasteiger partial charge in [0.1, 0.15) is 0 Å². The fourth-order valence-corrected chi connectivity index (χ4v) is 2.38. The lowest BCUT2D eigenvalue weighted by Crippen LogP contribution is -2.15. The Morgan fingerprint density at radius 3 is 2.33 bits per heavy atom. The highest BCUT2D eigenvalue weighted by Gasteiger charge is 2.10. The van der Waals surface area contributed by atoms with E-state index in [1.807, 2.05) is 76.2 Å². The number of hydrogen-bond donors (Lipinski definition) is 1. The third kappa shape index (κ3) is 3.24. The fraction of sp³-hybridized carbons (Fsp3) is 0.278. The zero-order valence-corrected chi connectivity index (χ0v) is 13.3. The first kappa shape index (κ1) is 15.1. The van der Waals surface area contributed by atoms with Crippen LogP contribution in [0.1, 0.15) is 27.0 Å². The molecule has 3 heteroatoms. The minimum atomic E-state index is -0.0721. The average molecular weight is 282 g/mol. The number of rotatable bonds is 3. The van der Waals surface area contributed by atoms with Crippen LogP contribution in [0, 0.1) is 20.8 Å². The van der Waals surface area contributed by atoms with Gasteiger partial charge < -0.3 is 10.2 Å². The van der Waals surface area contributed by atoms with Crippen molar-refractivity contribution < 1.29 is 4.79 Å². The van der Waals surface area contributed by atoms with Gasteiger partial charge in [-0.05, 0) is 61.7 Å². The standard InChI is InChI=1S/C18H22N2O/c1-12-7-6-8-16(14(12)3)19-18(21)15-9-10-17(20(4)5)13(2)11-15/h6-11H,1-5H3,(H,19,21). The lowest BCUT2D eigenvalue weighted by atomic mass is 10.1. The molecule has 0 aromatic heterocycles. The van der Waals surface area contributed by atoms with E-state index in [0.29, 0.717) is 5.56 Å². The number of aryl methyl sites for hydroxylation is 2. The number of carbonyl (C=O) groups is 1. The van der Waals surface area contributed by atoms with Gasteiger partial charge >= 0.3 is 0 Å². The quantitative estimate of drug-likeness (QED) is 0.925. The van der Waals surface area contributed by atoms with Crippen molar-refractivity contribution in [3.63, 3.8) is 0 Å². The minimum absolute atomic E-state index is 0.0721. The predicted octanol–water partition coefficient (Wildman–Crippen LogP) is 3.93. The lowest BCUT2D eigenvalue weighted by molar-refractivity contribution is 0.102. The number of benzene rings is 2. The van der Waals surface area contributed by atoms with Gasteiger partial charge in [-0.1, -0.05) is 12.1 Å². The van der Waals surface area contributed by atoms with Crippen LogP contribution in [0.2, 0.25) is 0 Å². The number of amides is 1. The van der Waals surface area contributed by atoms with E-state index >= 15 is 0 Å². The van der Waals surface area contributed by atoms with Crippen molar-refractivity contribution in [3.8, 4) is 0 Å². The summed E-state index contributed by atoms with van der Waals surface area (Å²) >= 11 is 0. The van der Waals surface area contributed by atoms with Crippen LogP contribution in [-0.2, 0) is 0 Å². The predicted molar refractivity (Wildman–Crippen MR) is 89.4 cm³/mol. The Balaban J connectivity index is 2.25. The van der Waals surface area contributed by atoms with Gasteiger partial charge in [-0.25, -0.2) is 0 Å². The van der Waals surface area contributed by atoms with Gasteiger partial charge in [0.15, 0.2) is 0 Å². The zero-order chi connectivity index (χ0) is 15.6. The maximum absolute atomic E-state index is 12.4. The van der Waals surface area contributed by atoms with Crippen molar-refractivity contribution in [2.24, 2.45) is 0 Å². The van der Waals surface area contributed by atoms with E-state index < -0.39 is 0 Å². The summed E-state index contributed by atoms with van der Waals surface area (Å²) in [4.78, 5) is 14.4. The maximum atomic E-state index is 12.4. The summed E-state index contributed by atoms with van der Waals surface area (Å²) in [6.07, 6.45) is 0. The van der Waals surface area contributed by atoms with E-state index in [1.165, 1.54) is 5.56 Å². The summed E-state index contributed by atoms with van der Waals surface area (Å²) in [6, 6.07) is 11.7. The first-order chi connectivity index (χ1) is 9.90. The number of hydrogen-bond acceptors (Lipinski definition) is 2. The number of nitrogens with one attached hydrogen (secondary N) is 1. The molecular formula is C18H22N2O. The Bertz CT molecular complexity index is 675. The molecular weight excluding hydrogens is 260 g/mol. The molecule has 110 valence electrons. The van der Waals surface area contributed by atoms with E-state index in [2.05, 4.69) is 5.32 Å². The smallest absolute Gasteiger partial charge is 0.255 e. The van der Waals surface area contributed by atoms with Crippen molar-refractivity contribution in [1.82, 2.24) is 0 Å². The van der Waals surface area contributed by atoms with Crippen molar-refractivity contribution in [3.05, 3.63) is 58.7 Å². The topological polar surface area (TPSA) is 32.3 Å².